The van der Waals surface area contributed by atoms with E-state index in [-0.39, 0.29) is 23.3 Å². The van der Waals surface area contributed by atoms with E-state index >= 15 is 0 Å². The van der Waals surface area contributed by atoms with Crippen LogP contribution in [0.5, 0.6) is 5.75 Å². The molecule has 1 fully saturated rings. The summed E-state index contributed by atoms with van der Waals surface area (Å²) in [5, 5.41) is 15.5. The zero-order valence-electron chi connectivity index (χ0n) is 21.3. The minimum Gasteiger partial charge on any atom is -0.489 e. The molecular formula is C31H26Cl3NO4. The molecule has 200 valence electrons. The van der Waals surface area contributed by atoms with Crippen LogP contribution in [0.3, 0.4) is 0 Å². The Morgan fingerprint density at radius 2 is 1.77 bits per heavy atom. The van der Waals surface area contributed by atoms with Crippen molar-refractivity contribution in [3.8, 4) is 5.75 Å². The maximum atomic E-state index is 11.2. The van der Waals surface area contributed by atoms with Crippen molar-refractivity contribution in [2.24, 2.45) is 0 Å². The van der Waals surface area contributed by atoms with Crippen LogP contribution in [0.1, 0.15) is 82.1 Å². The minimum atomic E-state index is -0.966. The first-order valence-electron chi connectivity index (χ1n) is 12.6. The van der Waals surface area contributed by atoms with Gasteiger partial charge in [0, 0.05) is 21.9 Å². The lowest BCUT2D eigenvalue weighted by Crippen LogP contribution is -2.02. The van der Waals surface area contributed by atoms with Crippen molar-refractivity contribution >= 4 is 52.9 Å². The lowest BCUT2D eigenvalue weighted by molar-refractivity contribution is 0.0697. The van der Waals surface area contributed by atoms with Crippen LogP contribution >= 0.6 is 34.8 Å². The van der Waals surface area contributed by atoms with Crippen LogP contribution in [0.2, 0.25) is 15.1 Å². The van der Waals surface area contributed by atoms with E-state index in [0.717, 1.165) is 40.1 Å². The fourth-order valence-corrected chi connectivity index (χ4v) is 5.67. The molecule has 8 heteroatoms. The highest BCUT2D eigenvalue weighted by atomic mass is 35.5. The van der Waals surface area contributed by atoms with Crippen LogP contribution in [-0.4, -0.2) is 16.2 Å². The van der Waals surface area contributed by atoms with E-state index in [2.05, 4.69) is 19.0 Å². The maximum Gasteiger partial charge on any atom is 0.335 e. The van der Waals surface area contributed by atoms with Gasteiger partial charge in [0.2, 0.25) is 0 Å². The van der Waals surface area contributed by atoms with Crippen molar-refractivity contribution in [1.82, 2.24) is 5.16 Å². The van der Waals surface area contributed by atoms with Crippen molar-refractivity contribution in [2.75, 3.05) is 0 Å². The van der Waals surface area contributed by atoms with Gasteiger partial charge in [0.1, 0.15) is 18.1 Å². The first-order chi connectivity index (χ1) is 18.7. The Morgan fingerprint density at radius 3 is 2.46 bits per heavy atom. The SMILES string of the molecule is CC(C)c1onc([C@H]2C[C@@H]2c2c(Cl)cccc2Cl)c1COc1ccc(/C=C/c2cccc(C(=O)O)c2)c(Cl)c1. The van der Waals surface area contributed by atoms with Gasteiger partial charge in [-0.2, -0.15) is 0 Å². The molecule has 0 saturated heterocycles. The summed E-state index contributed by atoms with van der Waals surface area (Å²) in [6, 6.07) is 17.8. The average molecular weight is 583 g/mol. The van der Waals surface area contributed by atoms with Gasteiger partial charge in [-0.1, -0.05) is 84.2 Å². The molecule has 1 heterocycles. The number of nitrogens with zero attached hydrogens (tertiary/aromatic N) is 1. The number of aromatic nitrogens is 1. The maximum absolute atomic E-state index is 11.2. The van der Waals surface area contributed by atoms with Crippen LogP contribution in [0.25, 0.3) is 12.2 Å². The summed E-state index contributed by atoms with van der Waals surface area (Å²) in [6.07, 6.45) is 4.56. The molecule has 1 aromatic heterocycles. The molecule has 0 unspecified atom stereocenters. The van der Waals surface area contributed by atoms with Gasteiger partial charge >= 0.3 is 5.97 Å². The van der Waals surface area contributed by atoms with Gasteiger partial charge in [0.25, 0.3) is 0 Å². The van der Waals surface area contributed by atoms with E-state index in [9.17, 15) is 9.90 Å². The summed E-state index contributed by atoms with van der Waals surface area (Å²) < 4.78 is 11.9. The molecule has 4 aromatic rings. The number of carboxylic acids is 1. The minimum absolute atomic E-state index is 0.140. The Balaban J connectivity index is 1.31. The van der Waals surface area contributed by atoms with Crippen molar-refractivity contribution in [2.45, 2.75) is 44.6 Å². The van der Waals surface area contributed by atoms with Crippen molar-refractivity contribution in [3.63, 3.8) is 0 Å². The summed E-state index contributed by atoms with van der Waals surface area (Å²) in [4.78, 5) is 11.2. The first-order valence-corrected chi connectivity index (χ1v) is 13.7. The number of halogens is 3. The molecule has 5 nitrogen and oxygen atoms in total. The van der Waals surface area contributed by atoms with E-state index < -0.39 is 5.97 Å². The quantitative estimate of drug-likeness (QED) is 0.199. The molecule has 1 saturated carbocycles. The Morgan fingerprint density at radius 1 is 1.03 bits per heavy atom. The zero-order chi connectivity index (χ0) is 27.7. The molecule has 0 spiro atoms. The van der Waals surface area contributed by atoms with Gasteiger partial charge in [0.15, 0.2) is 0 Å². The molecule has 0 amide bonds. The molecular weight excluding hydrogens is 557 g/mol. The summed E-state index contributed by atoms with van der Waals surface area (Å²) in [7, 11) is 0. The third-order valence-corrected chi connectivity index (χ3v) is 7.82. The molecule has 39 heavy (non-hydrogen) atoms. The normalized spacial score (nSPS) is 16.7. The van der Waals surface area contributed by atoms with Gasteiger partial charge in [-0.25, -0.2) is 4.79 Å². The standard InChI is InChI=1S/C31H26Cl3NO4/c1-17(2)30-24(29(35-39-30)23-15-22(23)28-25(32)7-4-8-26(28)33)16-38-21-12-11-19(27(34)14-21)10-9-18-5-3-6-20(13-18)31(36)37/h3-14,17,22-23H,15-16H2,1-2H3,(H,36,37)/b10-9+/t22-,23-/m0/s1. The molecule has 1 aliphatic carbocycles. The van der Waals surface area contributed by atoms with Gasteiger partial charge in [-0.3, -0.25) is 0 Å². The highest BCUT2D eigenvalue weighted by Gasteiger charge is 2.45. The van der Waals surface area contributed by atoms with Crippen LogP contribution in [0.4, 0.5) is 0 Å². The number of hydrogen-bond acceptors (Lipinski definition) is 4. The third-order valence-electron chi connectivity index (χ3n) is 6.83. The number of aromatic carboxylic acids is 1. The smallest absolute Gasteiger partial charge is 0.335 e. The number of benzene rings is 3. The third kappa shape index (κ3) is 6.01. The van der Waals surface area contributed by atoms with Crippen LogP contribution in [0, 0.1) is 0 Å². The van der Waals surface area contributed by atoms with Gasteiger partial charge in [0.05, 0.1) is 21.8 Å². The lowest BCUT2D eigenvalue weighted by atomic mass is 10.0. The number of carbonyl (C=O) groups is 1. The molecule has 0 aliphatic heterocycles. The predicted molar refractivity (Wildman–Crippen MR) is 155 cm³/mol. The Hall–Kier alpha value is -3.25. The summed E-state index contributed by atoms with van der Waals surface area (Å²) in [5.74, 6) is 0.941. The number of rotatable bonds is 9. The number of carboxylic acid groups (broad SMARTS) is 1. The Labute approximate surface area is 242 Å². The molecule has 0 bridgehead atoms. The van der Waals surface area contributed by atoms with E-state index in [1.807, 2.05) is 48.6 Å². The second-order valence-corrected chi connectivity index (χ2v) is 11.1. The van der Waals surface area contributed by atoms with Crippen molar-refractivity contribution in [1.29, 1.82) is 0 Å². The first kappa shape index (κ1) is 27.3. The fourth-order valence-electron chi connectivity index (χ4n) is 4.76. The van der Waals surface area contributed by atoms with E-state index in [1.54, 1.807) is 24.3 Å². The molecule has 0 radical (unpaired) electrons. The summed E-state index contributed by atoms with van der Waals surface area (Å²) in [5.41, 5.74) is 4.57. The topological polar surface area (TPSA) is 72.6 Å². The van der Waals surface area contributed by atoms with Gasteiger partial charge in [-0.05, 0) is 71.5 Å². The number of hydrogen-bond donors (Lipinski definition) is 1. The molecule has 3 aromatic carbocycles. The summed E-state index contributed by atoms with van der Waals surface area (Å²) >= 11 is 19.5. The van der Waals surface area contributed by atoms with Crippen LogP contribution in [0.15, 0.2) is 65.2 Å². The largest absolute Gasteiger partial charge is 0.489 e. The number of ether oxygens (including phenoxy) is 1. The van der Waals surface area contributed by atoms with Crippen molar-refractivity contribution < 1.29 is 19.2 Å². The average Bonchev–Trinajstić information content (AvgIpc) is 3.55. The fraction of sp³-hybridized carbons (Fsp3) is 0.226. The highest BCUT2D eigenvalue weighted by Crippen LogP contribution is 2.58. The second kappa shape index (κ2) is 11.5. The van der Waals surface area contributed by atoms with E-state index in [0.29, 0.717) is 27.4 Å². The Kier molecular flexibility index (Phi) is 8.03. The molecule has 1 aliphatic rings. The molecule has 1 N–H and O–H groups in total. The monoisotopic (exact) mass is 581 g/mol. The Bertz CT molecular complexity index is 1540. The zero-order valence-corrected chi connectivity index (χ0v) is 23.6. The van der Waals surface area contributed by atoms with E-state index in [1.165, 1.54) is 0 Å². The van der Waals surface area contributed by atoms with Crippen LogP contribution < -0.4 is 4.74 Å². The van der Waals surface area contributed by atoms with Gasteiger partial charge in [-0.15, -0.1) is 0 Å². The van der Waals surface area contributed by atoms with Crippen LogP contribution in [-0.2, 0) is 6.61 Å². The summed E-state index contributed by atoms with van der Waals surface area (Å²) in [6.45, 7) is 4.42. The predicted octanol–water partition coefficient (Wildman–Crippen LogP) is 9.48. The second-order valence-electron chi connectivity index (χ2n) is 9.89. The molecule has 5 rings (SSSR count). The van der Waals surface area contributed by atoms with E-state index in [4.69, 9.17) is 44.1 Å². The van der Waals surface area contributed by atoms with Crippen molar-refractivity contribution in [3.05, 3.63) is 115 Å². The van der Waals surface area contributed by atoms with Gasteiger partial charge < -0.3 is 14.4 Å². The highest BCUT2D eigenvalue weighted by molar-refractivity contribution is 6.36. The molecule has 2 atom stereocenters. The lowest BCUT2D eigenvalue weighted by Gasteiger charge is -2.11.